The zero-order valence-corrected chi connectivity index (χ0v) is 10.2. The first-order valence-corrected chi connectivity index (χ1v) is 6.26. The third-order valence-corrected chi connectivity index (χ3v) is 3.88. The Balaban J connectivity index is 2.36. The van der Waals surface area contributed by atoms with Crippen molar-refractivity contribution in [3.05, 3.63) is 39.5 Å². The maximum atomic E-state index is 10.7. The van der Waals surface area contributed by atoms with Crippen molar-refractivity contribution in [3.63, 3.8) is 0 Å². The average Bonchev–Trinajstić information content (AvgIpc) is 2.39. The van der Waals surface area contributed by atoms with Crippen LogP contribution >= 0.6 is 12.2 Å². The Kier molecular flexibility index (Phi) is 2.50. The molecule has 0 amide bonds. The molecule has 1 aliphatic rings. The number of aryl methyl sites for hydroxylation is 1. The molecular weight excluding hydrogens is 230 g/mol. The molecule has 3 heteroatoms. The van der Waals surface area contributed by atoms with Gasteiger partial charge in [0.15, 0.2) is 0 Å². The quantitative estimate of drug-likeness (QED) is 0.615. The van der Waals surface area contributed by atoms with Crippen LogP contribution in [0.5, 0.6) is 0 Å². The number of nitrogens with one attached hydrogen (secondary N) is 1. The standard InChI is InChI=1S/C14H11NOS/c16-8-9-5-6-13-11(7-9)14(17)10-3-1-2-4-12(10)15-13/h5-7H,1-4H2/p+1. The molecule has 0 fully saturated rings. The molecule has 0 atom stereocenters. The van der Waals surface area contributed by atoms with Gasteiger partial charge < -0.3 is 4.98 Å². The molecule has 0 aliphatic heterocycles. The van der Waals surface area contributed by atoms with E-state index in [1.54, 1.807) is 6.07 Å². The van der Waals surface area contributed by atoms with Crippen LogP contribution < -0.4 is 0 Å². The molecular formula is C14H12NOS+. The second kappa shape index (κ2) is 4.02. The summed E-state index contributed by atoms with van der Waals surface area (Å²) in [6, 6.07) is 5.52. The van der Waals surface area contributed by atoms with Gasteiger partial charge in [-0.2, -0.15) is 0 Å². The molecule has 0 unspecified atom stereocenters. The van der Waals surface area contributed by atoms with Crippen LogP contribution in [0, 0.1) is 4.51 Å². The van der Waals surface area contributed by atoms with Crippen LogP contribution in [-0.2, 0) is 17.6 Å². The summed E-state index contributed by atoms with van der Waals surface area (Å²) in [5, 5.41) is 0.974. The molecule has 3 rings (SSSR count). The van der Waals surface area contributed by atoms with E-state index in [0.29, 0.717) is 5.56 Å². The Bertz CT molecular complexity index is 657. The molecule has 1 heterocycles. The van der Waals surface area contributed by atoms with E-state index in [0.717, 1.165) is 28.3 Å². The van der Waals surface area contributed by atoms with Gasteiger partial charge in [-0.15, -0.1) is 4.79 Å². The van der Waals surface area contributed by atoms with Crippen molar-refractivity contribution >= 4 is 29.4 Å². The molecule has 1 aliphatic carbocycles. The van der Waals surface area contributed by atoms with Crippen molar-refractivity contribution in [2.75, 3.05) is 0 Å². The van der Waals surface area contributed by atoms with Crippen molar-refractivity contribution in [1.82, 2.24) is 4.98 Å². The fourth-order valence-electron chi connectivity index (χ4n) is 2.52. The lowest BCUT2D eigenvalue weighted by Crippen LogP contribution is -2.06. The molecule has 2 nitrogen and oxygen atoms in total. The summed E-state index contributed by atoms with van der Waals surface area (Å²) in [4.78, 5) is 14.1. The minimum atomic E-state index is 0.563. The predicted octanol–water partition coefficient (Wildman–Crippen LogP) is 3.23. The van der Waals surface area contributed by atoms with Gasteiger partial charge in [-0.1, -0.05) is 12.2 Å². The fraction of sp³-hybridized carbons (Fsp3) is 0.286. The first-order chi connectivity index (χ1) is 8.29. The number of H-pyrrole nitrogens is 1. The number of benzene rings is 1. The summed E-state index contributed by atoms with van der Waals surface area (Å²) in [6.45, 7) is 0. The SMILES string of the molecule is O=[C+]c1ccc2[nH]c3c(c(=S)c2c1)CCCC3. The van der Waals surface area contributed by atoms with Crippen LogP contribution in [-0.4, -0.2) is 11.3 Å². The van der Waals surface area contributed by atoms with E-state index in [9.17, 15) is 4.79 Å². The van der Waals surface area contributed by atoms with Crippen molar-refractivity contribution in [1.29, 1.82) is 0 Å². The number of aromatic nitrogens is 1. The molecule has 0 spiro atoms. The molecule has 2 aromatic rings. The molecule has 0 saturated carbocycles. The zero-order valence-electron chi connectivity index (χ0n) is 9.38. The first kappa shape index (κ1) is 10.6. The number of aromatic amines is 1. The van der Waals surface area contributed by atoms with Crippen molar-refractivity contribution in [2.45, 2.75) is 25.7 Å². The minimum Gasteiger partial charge on any atom is -0.356 e. The average molecular weight is 242 g/mol. The smallest absolute Gasteiger partial charge is 0.303 e. The normalized spacial score (nSPS) is 14.4. The van der Waals surface area contributed by atoms with Crippen molar-refractivity contribution < 1.29 is 4.79 Å². The molecule has 1 N–H and O–H groups in total. The maximum Gasteiger partial charge on any atom is 0.303 e. The Hall–Kier alpha value is -1.57. The molecule has 84 valence electrons. The Labute approximate surface area is 105 Å². The predicted molar refractivity (Wildman–Crippen MR) is 70.6 cm³/mol. The van der Waals surface area contributed by atoms with E-state index in [2.05, 4.69) is 4.98 Å². The monoisotopic (exact) mass is 242 g/mol. The van der Waals surface area contributed by atoms with Gasteiger partial charge in [0.2, 0.25) is 5.56 Å². The summed E-state index contributed by atoms with van der Waals surface area (Å²) < 4.78 is 0.908. The second-order valence-electron chi connectivity index (χ2n) is 4.48. The zero-order chi connectivity index (χ0) is 11.8. The summed E-state index contributed by atoms with van der Waals surface area (Å²) >= 11 is 5.54. The largest absolute Gasteiger partial charge is 0.356 e. The number of pyridine rings is 1. The van der Waals surface area contributed by atoms with E-state index in [1.807, 2.05) is 18.4 Å². The third-order valence-electron chi connectivity index (χ3n) is 3.41. The highest BCUT2D eigenvalue weighted by Crippen LogP contribution is 2.26. The third kappa shape index (κ3) is 1.68. The van der Waals surface area contributed by atoms with E-state index in [4.69, 9.17) is 12.2 Å². The van der Waals surface area contributed by atoms with E-state index >= 15 is 0 Å². The fourth-order valence-corrected chi connectivity index (χ4v) is 2.92. The van der Waals surface area contributed by atoms with Gasteiger partial charge in [0.05, 0.1) is 27.5 Å². The molecule has 1 aromatic heterocycles. The maximum absolute atomic E-state index is 10.7. The first-order valence-electron chi connectivity index (χ1n) is 5.85. The Morgan fingerprint density at radius 1 is 1.24 bits per heavy atom. The number of rotatable bonds is 1. The van der Waals surface area contributed by atoms with Gasteiger partial charge in [-0.3, -0.25) is 0 Å². The molecule has 1 aromatic carbocycles. The lowest BCUT2D eigenvalue weighted by Gasteiger charge is -2.16. The van der Waals surface area contributed by atoms with Crippen LogP contribution in [0.2, 0.25) is 0 Å². The number of carbonyl (C=O) groups excluding carboxylic acids is 1. The van der Waals surface area contributed by atoms with Gasteiger partial charge in [0, 0.05) is 11.8 Å². The number of hydrogen-bond donors (Lipinski definition) is 1. The number of hydrogen-bond acceptors (Lipinski definition) is 2. The van der Waals surface area contributed by atoms with Gasteiger partial charge in [-0.05, 0) is 31.2 Å². The van der Waals surface area contributed by atoms with E-state index in [-0.39, 0.29) is 0 Å². The van der Waals surface area contributed by atoms with Crippen LogP contribution in [0.4, 0.5) is 0 Å². The van der Waals surface area contributed by atoms with Crippen LogP contribution in [0.1, 0.15) is 29.7 Å². The molecule has 0 saturated heterocycles. The number of fused-ring (bicyclic) bond motifs is 2. The van der Waals surface area contributed by atoms with E-state index in [1.165, 1.54) is 24.1 Å². The van der Waals surface area contributed by atoms with Gasteiger partial charge >= 0.3 is 6.29 Å². The van der Waals surface area contributed by atoms with E-state index < -0.39 is 0 Å². The molecule has 0 bridgehead atoms. The van der Waals surface area contributed by atoms with Crippen LogP contribution in [0.15, 0.2) is 18.2 Å². The highest BCUT2D eigenvalue weighted by Gasteiger charge is 2.15. The molecule has 0 radical (unpaired) electrons. The van der Waals surface area contributed by atoms with Gasteiger partial charge in [0.1, 0.15) is 0 Å². The Morgan fingerprint density at radius 3 is 2.88 bits per heavy atom. The summed E-state index contributed by atoms with van der Waals surface area (Å²) in [6.07, 6.45) is 6.48. The minimum absolute atomic E-state index is 0.563. The van der Waals surface area contributed by atoms with Gasteiger partial charge in [0.25, 0.3) is 0 Å². The lowest BCUT2D eigenvalue weighted by atomic mass is 9.94. The summed E-state index contributed by atoms with van der Waals surface area (Å²) in [7, 11) is 0. The topological polar surface area (TPSA) is 32.9 Å². The van der Waals surface area contributed by atoms with Crippen molar-refractivity contribution in [3.8, 4) is 0 Å². The highest BCUT2D eigenvalue weighted by molar-refractivity contribution is 7.71. The van der Waals surface area contributed by atoms with Crippen LogP contribution in [0.25, 0.3) is 10.9 Å². The summed E-state index contributed by atoms with van der Waals surface area (Å²) in [5.41, 5.74) is 4.13. The van der Waals surface area contributed by atoms with Crippen LogP contribution in [0.3, 0.4) is 0 Å². The van der Waals surface area contributed by atoms with Gasteiger partial charge in [-0.25, -0.2) is 0 Å². The lowest BCUT2D eigenvalue weighted by molar-refractivity contribution is 0.563. The summed E-state index contributed by atoms with van der Waals surface area (Å²) in [5.74, 6) is 0. The molecule has 17 heavy (non-hydrogen) atoms. The highest BCUT2D eigenvalue weighted by atomic mass is 32.1. The second-order valence-corrected chi connectivity index (χ2v) is 4.89. The van der Waals surface area contributed by atoms with Crippen molar-refractivity contribution in [2.24, 2.45) is 0 Å². The Morgan fingerprint density at radius 2 is 2.06 bits per heavy atom.